The average Bonchev–Trinajstić information content (AvgIpc) is 3.01. The molecule has 0 saturated heterocycles. The van der Waals surface area contributed by atoms with E-state index in [9.17, 15) is 31.2 Å². The minimum absolute atomic E-state index is 0.0729. The van der Waals surface area contributed by atoms with E-state index >= 15 is 0 Å². The van der Waals surface area contributed by atoms with Gasteiger partial charge in [0, 0.05) is 6.54 Å². The molecule has 0 saturated carbocycles. The summed E-state index contributed by atoms with van der Waals surface area (Å²) < 4.78 is 71.5. The second kappa shape index (κ2) is 15.8. The number of hydrogen-bond donors (Lipinski definition) is 2. The van der Waals surface area contributed by atoms with E-state index in [0.29, 0.717) is 42.5 Å². The SMILES string of the molecule is CCCCN(c1ccccc1CCc1ccc(C(=O)O)cc1)S(=O)(=O)c1ccccc1OC(F)(F)F.O=C(O)c1ccccc1. The number of halogens is 3. The Balaban J connectivity index is 0.000000525. The molecule has 4 aromatic rings. The smallest absolute Gasteiger partial charge is 0.478 e. The Hall–Kier alpha value is -4.84. The summed E-state index contributed by atoms with van der Waals surface area (Å²) in [5.74, 6) is -2.70. The maximum absolute atomic E-state index is 13.7. The first-order chi connectivity index (χ1) is 21.3. The Labute approximate surface area is 259 Å². The highest BCUT2D eigenvalue weighted by molar-refractivity contribution is 7.93. The summed E-state index contributed by atoms with van der Waals surface area (Å²) in [6.45, 7) is 1.96. The number of hydrogen-bond acceptors (Lipinski definition) is 5. The van der Waals surface area contributed by atoms with Gasteiger partial charge in [-0.05, 0) is 72.9 Å². The Morgan fingerprint density at radius 2 is 1.31 bits per heavy atom. The lowest BCUT2D eigenvalue weighted by atomic mass is 10.0. The van der Waals surface area contributed by atoms with Crippen molar-refractivity contribution < 1.29 is 46.1 Å². The van der Waals surface area contributed by atoms with Crippen molar-refractivity contribution in [3.63, 3.8) is 0 Å². The molecule has 12 heteroatoms. The van der Waals surface area contributed by atoms with Gasteiger partial charge in [0.2, 0.25) is 0 Å². The number of rotatable bonds is 12. The molecule has 0 aliphatic rings. The molecular formula is C33H32F3NO7S. The van der Waals surface area contributed by atoms with Crippen molar-refractivity contribution in [2.24, 2.45) is 0 Å². The molecule has 0 spiro atoms. The number of sulfonamides is 1. The average molecular weight is 644 g/mol. The summed E-state index contributed by atoms with van der Waals surface area (Å²) in [7, 11) is -4.41. The largest absolute Gasteiger partial charge is 0.573 e. The molecule has 0 atom stereocenters. The van der Waals surface area contributed by atoms with Gasteiger partial charge >= 0.3 is 18.3 Å². The zero-order valence-electron chi connectivity index (χ0n) is 24.3. The molecule has 45 heavy (non-hydrogen) atoms. The summed E-state index contributed by atoms with van der Waals surface area (Å²) in [5.41, 5.74) is 2.42. The highest BCUT2D eigenvalue weighted by Gasteiger charge is 2.36. The summed E-state index contributed by atoms with van der Waals surface area (Å²) in [6, 6.07) is 26.2. The maximum Gasteiger partial charge on any atom is 0.573 e. The number of carbonyl (C=O) groups is 2. The molecule has 0 aliphatic heterocycles. The summed E-state index contributed by atoms with van der Waals surface area (Å²) in [4.78, 5) is 20.7. The molecule has 0 aliphatic carbocycles. The van der Waals surface area contributed by atoms with Gasteiger partial charge in [-0.3, -0.25) is 4.31 Å². The molecule has 0 aromatic heterocycles. The van der Waals surface area contributed by atoms with Crippen LogP contribution in [0.2, 0.25) is 0 Å². The number of unbranched alkanes of at least 4 members (excludes halogenated alkanes) is 1. The lowest BCUT2D eigenvalue weighted by molar-refractivity contribution is -0.275. The fourth-order valence-corrected chi connectivity index (χ4v) is 5.96. The van der Waals surface area contributed by atoms with Gasteiger partial charge in [0.05, 0.1) is 16.8 Å². The monoisotopic (exact) mass is 643 g/mol. The molecule has 8 nitrogen and oxygen atoms in total. The van der Waals surface area contributed by atoms with Gasteiger partial charge < -0.3 is 14.9 Å². The molecular weight excluding hydrogens is 611 g/mol. The van der Waals surface area contributed by atoms with Crippen LogP contribution >= 0.6 is 0 Å². The minimum atomic E-state index is -5.05. The number of alkyl halides is 3. The topological polar surface area (TPSA) is 121 Å². The van der Waals surface area contributed by atoms with Gasteiger partial charge in [0.25, 0.3) is 10.0 Å². The van der Waals surface area contributed by atoms with Crippen molar-refractivity contribution >= 4 is 27.6 Å². The number of aromatic carboxylic acids is 2. The van der Waals surface area contributed by atoms with Crippen LogP contribution in [0, 0.1) is 0 Å². The van der Waals surface area contributed by atoms with Crippen LogP contribution in [0.4, 0.5) is 18.9 Å². The quantitative estimate of drug-likeness (QED) is 0.165. The van der Waals surface area contributed by atoms with E-state index in [1.807, 2.05) is 6.92 Å². The molecule has 0 bridgehead atoms. The molecule has 0 fully saturated rings. The molecule has 0 amide bonds. The second-order valence-corrected chi connectivity index (χ2v) is 11.6. The number of anilines is 1. The molecule has 0 heterocycles. The van der Waals surface area contributed by atoms with Crippen molar-refractivity contribution in [3.05, 3.63) is 125 Å². The number of ether oxygens (including phenoxy) is 1. The van der Waals surface area contributed by atoms with E-state index in [4.69, 9.17) is 10.2 Å². The van der Waals surface area contributed by atoms with Gasteiger partial charge in [-0.15, -0.1) is 13.2 Å². The number of nitrogens with zero attached hydrogens (tertiary/aromatic N) is 1. The third-order valence-electron chi connectivity index (χ3n) is 6.52. The van der Waals surface area contributed by atoms with E-state index in [1.54, 1.807) is 66.7 Å². The minimum Gasteiger partial charge on any atom is -0.478 e. The van der Waals surface area contributed by atoms with Gasteiger partial charge in [-0.1, -0.05) is 74.0 Å². The lowest BCUT2D eigenvalue weighted by Crippen LogP contribution is -2.33. The Morgan fingerprint density at radius 3 is 1.89 bits per heavy atom. The predicted octanol–water partition coefficient (Wildman–Crippen LogP) is 7.45. The van der Waals surface area contributed by atoms with E-state index in [-0.39, 0.29) is 12.1 Å². The van der Waals surface area contributed by atoms with Crippen molar-refractivity contribution in [3.8, 4) is 5.75 Å². The highest BCUT2D eigenvalue weighted by Crippen LogP contribution is 2.35. The number of carboxylic acid groups (broad SMARTS) is 2. The first-order valence-corrected chi connectivity index (χ1v) is 15.3. The van der Waals surface area contributed by atoms with Crippen LogP contribution < -0.4 is 9.04 Å². The van der Waals surface area contributed by atoms with Gasteiger partial charge in [0.15, 0.2) is 0 Å². The molecule has 4 rings (SSSR count). The Bertz CT molecular complexity index is 1680. The summed E-state index contributed by atoms with van der Waals surface area (Å²) >= 11 is 0. The number of aryl methyl sites for hydroxylation is 2. The van der Waals surface area contributed by atoms with E-state index in [1.165, 1.54) is 24.3 Å². The fraction of sp³-hybridized carbons (Fsp3) is 0.212. The zero-order valence-corrected chi connectivity index (χ0v) is 25.1. The van der Waals surface area contributed by atoms with E-state index < -0.39 is 39.0 Å². The van der Waals surface area contributed by atoms with Gasteiger partial charge in [-0.25, -0.2) is 18.0 Å². The molecule has 0 unspecified atom stereocenters. The third-order valence-corrected chi connectivity index (χ3v) is 8.38. The predicted molar refractivity (Wildman–Crippen MR) is 163 cm³/mol. The number of carboxylic acids is 2. The highest BCUT2D eigenvalue weighted by atomic mass is 32.2. The van der Waals surface area contributed by atoms with Crippen LogP contribution in [0.5, 0.6) is 5.75 Å². The van der Waals surface area contributed by atoms with Crippen LogP contribution in [0.25, 0.3) is 0 Å². The van der Waals surface area contributed by atoms with E-state index in [0.717, 1.165) is 22.0 Å². The first kappa shape index (κ1) is 34.6. The molecule has 4 aromatic carbocycles. The second-order valence-electron chi connectivity index (χ2n) is 9.73. The van der Waals surface area contributed by atoms with E-state index in [2.05, 4.69) is 4.74 Å². The van der Waals surface area contributed by atoms with Gasteiger partial charge in [-0.2, -0.15) is 0 Å². The molecule has 238 valence electrons. The molecule has 2 N–H and O–H groups in total. The van der Waals surface area contributed by atoms with Crippen LogP contribution in [0.3, 0.4) is 0 Å². The third kappa shape index (κ3) is 10.1. The molecule has 0 radical (unpaired) electrons. The summed E-state index contributed by atoms with van der Waals surface area (Å²) in [5, 5.41) is 17.5. The van der Waals surface area contributed by atoms with Crippen molar-refractivity contribution in [2.75, 3.05) is 10.8 Å². The van der Waals surface area contributed by atoms with Crippen molar-refractivity contribution in [1.29, 1.82) is 0 Å². The fourth-order valence-electron chi connectivity index (χ4n) is 4.30. The normalized spacial score (nSPS) is 11.2. The Kier molecular flexibility index (Phi) is 12.1. The lowest BCUT2D eigenvalue weighted by Gasteiger charge is -2.27. The maximum atomic E-state index is 13.7. The van der Waals surface area contributed by atoms with Crippen LogP contribution in [0.1, 0.15) is 51.6 Å². The van der Waals surface area contributed by atoms with Crippen LogP contribution in [-0.4, -0.2) is 43.5 Å². The zero-order chi connectivity index (χ0) is 33.0. The van der Waals surface area contributed by atoms with Gasteiger partial charge in [0.1, 0.15) is 10.6 Å². The Morgan fingerprint density at radius 1 is 0.756 bits per heavy atom. The summed E-state index contributed by atoms with van der Waals surface area (Å²) in [6.07, 6.45) is -2.95. The van der Waals surface area contributed by atoms with Crippen molar-refractivity contribution in [2.45, 2.75) is 43.9 Å². The number of benzene rings is 4. The van der Waals surface area contributed by atoms with Crippen LogP contribution in [-0.2, 0) is 22.9 Å². The van der Waals surface area contributed by atoms with Crippen LogP contribution in [0.15, 0.2) is 108 Å². The number of para-hydroxylation sites is 2. The van der Waals surface area contributed by atoms with Crippen molar-refractivity contribution in [1.82, 2.24) is 0 Å². The standard InChI is InChI=1S/C26H26F3NO5S.C7H6O2/c1-2-3-18-30(36(33,34)24-11-7-6-10-23(24)35-26(27,28)29)22-9-5-4-8-20(22)15-12-19-13-16-21(17-14-19)25(31)32;8-7(9)6-4-2-1-3-5-6/h4-11,13-14,16-17H,2-3,12,15,18H2,1H3,(H,31,32);1-5H,(H,8,9). The first-order valence-electron chi connectivity index (χ1n) is 13.9.